The van der Waals surface area contributed by atoms with Gasteiger partial charge in [0.2, 0.25) is 0 Å². The van der Waals surface area contributed by atoms with E-state index in [1.165, 1.54) is 6.07 Å². The van der Waals surface area contributed by atoms with Crippen LogP contribution >= 0.6 is 0 Å². The Morgan fingerprint density at radius 2 is 2.13 bits per heavy atom. The molecule has 1 aromatic carbocycles. The Morgan fingerprint density at radius 3 is 2.60 bits per heavy atom. The maximum Gasteiger partial charge on any atom is 0.306 e. The summed E-state index contributed by atoms with van der Waals surface area (Å²) in [5.41, 5.74) is 6.56. The maximum atomic E-state index is 10.9. The van der Waals surface area contributed by atoms with Crippen LogP contribution in [0.25, 0.3) is 0 Å². The minimum Gasteiger partial charge on any atom is -0.392 e. The van der Waals surface area contributed by atoms with Crippen LogP contribution in [0, 0.1) is 0 Å². The molecule has 0 fully saturated rings. The third-order valence-corrected chi connectivity index (χ3v) is 2.26. The summed E-state index contributed by atoms with van der Waals surface area (Å²) in [6.07, 6.45) is 0.948. The molecule has 6 heteroatoms. The highest BCUT2D eigenvalue weighted by Gasteiger charge is 2.09. The monoisotopic (exact) mass is 231 g/mol. The SMILES string of the molecule is CS(=O)(=O)Oc1cc(CN)ccc1CO. The first-order valence-corrected chi connectivity index (χ1v) is 6.10. The highest BCUT2D eigenvalue weighted by Crippen LogP contribution is 2.21. The predicted octanol–water partition coefficient (Wildman–Crippen LogP) is -0.0240. The van der Waals surface area contributed by atoms with Crippen LogP contribution in [0.15, 0.2) is 18.2 Å². The molecule has 5 nitrogen and oxygen atoms in total. The molecule has 0 saturated heterocycles. The van der Waals surface area contributed by atoms with E-state index in [0.717, 1.165) is 11.8 Å². The van der Waals surface area contributed by atoms with Crippen molar-refractivity contribution in [1.29, 1.82) is 0 Å². The summed E-state index contributed by atoms with van der Waals surface area (Å²) in [6.45, 7) is 0.00152. The summed E-state index contributed by atoms with van der Waals surface area (Å²) in [5.74, 6) is 0.128. The van der Waals surface area contributed by atoms with Gasteiger partial charge >= 0.3 is 10.1 Å². The van der Waals surface area contributed by atoms with Gasteiger partial charge in [-0.15, -0.1) is 0 Å². The first kappa shape index (κ1) is 12.0. The van der Waals surface area contributed by atoms with Gasteiger partial charge in [-0.1, -0.05) is 12.1 Å². The Balaban J connectivity index is 3.12. The van der Waals surface area contributed by atoms with Crippen LogP contribution in [-0.4, -0.2) is 19.8 Å². The summed E-state index contributed by atoms with van der Waals surface area (Å²) >= 11 is 0. The third kappa shape index (κ3) is 3.50. The van der Waals surface area contributed by atoms with E-state index in [-0.39, 0.29) is 18.9 Å². The van der Waals surface area contributed by atoms with E-state index >= 15 is 0 Å². The quantitative estimate of drug-likeness (QED) is 0.710. The molecule has 0 bridgehead atoms. The molecule has 0 spiro atoms. The number of aliphatic hydroxyl groups is 1. The van der Waals surface area contributed by atoms with Crippen LogP contribution in [0.1, 0.15) is 11.1 Å². The molecule has 0 aliphatic heterocycles. The standard InChI is InChI=1S/C9H13NO4S/c1-15(12,13)14-9-4-7(5-10)2-3-8(9)6-11/h2-4,11H,5-6,10H2,1H3. The fraction of sp³-hybridized carbons (Fsp3) is 0.333. The number of benzene rings is 1. The molecule has 0 radical (unpaired) electrons. The smallest absolute Gasteiger partial charge is 0.306 e. The van der Waals surface area contributed by atoms with Crippen molar-refractivity contribution in [3.05, 3.63) is 29.3 Å². The lowest BCUT2D eigenvalue weighted by Gasteiger charge is -2.09. The predicted molar refractivity (Wildman–Crippen MR) is 55.7 cm³/mol. The Morgan fingerprint density at radius 1 is 1.47 bits per heavy atom. The lowest BCUT2D eigenvalue weighted by atomic mass is 10.1. The topological polar surface area (TPSA) is 89.6 Å². The van der Waals surface area contributed by atoms with E-state index < -0.39 is 10.1 Å². The average molecular weight is 231 g/mol. The third-order valence-electron chi connectivity index (χ3n) is 1.78. The highest BCUT2D eigenvalue weighted by atomic mass is 32.2. The molecule has 0 heterocycles. The van der Waals surface area contributed by atoms with E-state index in [9.17, 15) is 8.42 Å². The zero-order valence-corrected chi connectivity index (χ0v) is 9.12. The van der Waals surface area contributed by atoms with Gasteiger partial charge in [-0.3, -0.25) is 0 Å². The molecular weight excluding hydrogens is 218 g/mol. The van der Waals surface area contributed by atoms with Crippen molar-refractivity contribution in [2.45, 2.75) is 13.2 Å². The van der Waals surface area contributed by atoms with E-state index in [4.69, 9.17) is 15.0 Å². The molecular formula is C9H13NO4S. The number of hydrogen-bond donors (Lipinski definition) is 2. The summed E-state index contributed by atoms with van der Waals surface area (Å²) < 4.78 is 26.6. The minimum absolute atomic E-state index is 0.128. The van der Waals surface area contributed by atoms with Gasteiger partial charge in [-0.2, -0.15) is 8.42 Å². The molecule has 1 aromatic rings. The fourth-order valence-corrected chi connectivity index (χ4v) is 1.58. The van der Waals surface area contributed by atoms with E-state index in [1.807, 2.05) is 0 Å². The van der Waals surface area contributed by atoms with Crippen LogP contribution in [0.3, 0.4) is 0 Å². The van der Waals surface area contributed by atoms with Crippen LogP contribution in [0.5, 0.6) is 5.75 Å². The van der Waals surface area contributed by atoms with Crippen molar-refractivity contribution in [1.82, 2.24) is 0 Å². The Kier molecular flexibility index (Phi) is 3.67. The summed E-state index contributed by atoms with van der Waals surface area (Å²) in [6, 6.07) is 4.80. The van der Waals surface area contributed by atoms with E-state index in [2.05, 4.69) is 0 Å². The highest BCUT2D eigenvalue weighted by molar-refractivity contribution is 7.86. The number of rotatable bonds is 4. The molecule has 0 saturated carbocycles. The molecule has 0 aromatic heterocycles. The van der Waals surface area contributed by atoms with Gasteiger partial charge in [0.05, 0.1) is 12.9 Å². The lowest BCUT2D eigenvalue weighted by Crippen LogP contribution is -2.08. The maximum absolute atomic E-state index is 10.9. The van der Waals surface area contributed by atoms with Crippen molar-refractivity contribution >= 4 is 10.1 Å². The van der Waals surface area contributed by atoms with Crippen molar-refractivity contribution in [3.63, 3.8) is 0 Å². The summed E-state index contributed by atoms with van der Waals surface area (Å²) in [7, 11) is -3.59. The van der Waals surface area contributed by atoms with Crippen molar-refractivity contribution in [2.24, 2.45) is 5.73 Å². The molecule has 1 rings (SSSR count). The fourth-order valence-electron chi connectivity index (χ4n) is 1.10. The molecule has 0 atom stereocenters. The molecule has 0 unspecified atom stereocenters. The lowest BCUT2D eigenvalue weighted by molar-refractivity contribution is 0.278. The Hall–Kier alpha value is -1.11. The van der Waals surface area contributed by atoms with Crippen LogP contribution in [-0.2, 0) is 23.3 Å². The second-order valence-corrected chi connectivity index (χ2v) is 4.67. The first-order chi connectivity index (χ1) is 6.96. The van der Waals surface area contributed by atoms with Crippen LogP contribution in [0.4, 0.5) is 0 Å². The van der Waals surface area contributed by atoms with Crippen molar-refractivity contribution < 1.29 is 17.7 Å². The zero-order chi connectivity index (χ0) is 11.5. The number of nitrogens with two attached hydrogens (primary N) is 1. The Labute approximate surface area is 88.6 Å². The number of hydrogen-bond acceptors (Lipinski definition) is 5. The van der Waals surface area contributed by atoms with Gasteiger partial charge in [0, 0.05) is 12.1 Å². The van der Waals surface area contributed by atoms with E-state index in [1.54, 1.807) is 12.1 Å². The zero-order valence-electron chi connectivity index (χ0n) is 8.30. The van der Waals surface area contributed by atoms with E-state index in [0.29, 0.717) is 5.56 Å². The van der Waals surface area contributed by atoms with Gasteiger partial charge in [-0.05, 0) is 11.6 Å². The number of aliphatic hydroxyl groups excluding tert-OH is 1. The second kappa shape index (κ2) is 4.61. The molecule has 0 amide bonds. The van der Waals surface area contributed by atoms with Gasteiger partial charge in [0.1, 0.15) is 5.75 Å². The summed E-state index contributed by atoms with van der Waals surface area (Å²) in [5, 5.41) is 8.97. The normalized spacial score (nSPS) is 11.4. The van der Waals surface area contributed by atoms with Crippen LogP contribution in [0.2, 0.25) is 0 Å². The van der Waals surface area contributed by atoms with Gasteiger partial charge in [-0.25, -0.2) is 0 Å². The Bertz CT molecular complexity index is 441. The molecule has 0 aliphatic rings. The minimum atomic E-state index is -3.59. The average Bonchev–Trinajstić information content (AvgIpc) is 2.15. The van der Waals surface area contributed by atoms with Gasteiger partial charge < -0.3 is 15.0 Å². The molecule has 0 aliphatic carbocycles. The summed E-state index contributed by atoms with van der Waals surface area (Å²) in [4.78, 5) is 0. The van der Waals surface area contributed by atoms with Crippen molar-refractivity contribution in [3.8, 4) is 5.75 Å². The molecule has 84 valence electrons. The second-order valence-electron chi connectivity index (χ2n) is 3.09. The molecule has 15 heavy (non-hydrogen) atoms. The van der Waals surface area contributed by atoms with Crippen molar-refractivity contribution in [2.75, 3.05) is 6.26 Å². The first-order valence-electron chi connectivity index (χ1n) is 4.28. The molecule has 3 N–H and O–H groups in total. The van der Waals surface area contributed by atoms with Gasteiger partial charge in [0.15, 0.2) is 0 Å². The van der Waals surface area contributed by atoms with Gasteiger partial charge in [0.25, 0.3) is 0 Å². The largest absolute Gasteiger partial charge is 0.392 e. The van der Waals surface area contributed by atoms with Crippen LogP contribution < -0.4 is 9.92 Å².